The normalized spacial score (nSPS) is 15.6. The molecule has 2 atom stereocenters. The van der Waals surface area contributed by atoms with Crippen LogP contribution in [0.4, 0.5) is 0 Å². The van der Waals surface area contributed by atoms with Crippen molar-refractivity contribution in [1.29, 1.82) is 0 Å². The van der Waals surface area contributed by atoms with Crippen LogP contribution in [0.2, 0.25) is 0 Å². The molecule has 0 heterocycles. The first-order valence-corrected chi connectivity index (χ1v) is 4.02. The molecule has 0 radical (unpaired) electrons. The van der Waals surface area contributed by atoms with Crippen LogP contribution in [-0.2, 0) is 9.53 Å². The van der Waals surface area contributed by atoms with E-state index in [0.29, 0.717) is 13.2 Å². The van der Waals surface area contributed by atoms with E-state index in [1.165, 1.54) is 0 Å². The summed E-state index contributed by atoms with van der Waals surface area (Å²) in [6.45, 7) is 2.91. The van der Waals surface area contributed by atoms with Crippen LogP contribution < -0.4 is 5.73 Å². The standard InChI is InChI=1S/C8H17NO3/c1-6(5-12-2)7(4-9)3-8(10)11/h6-7H,3-5,9H2,1-2H3,(H,10,11). The zero-order valence-electron chi connectivity index (χ0n) is 7.62. The van der Waals surface area contributed by atoms with Gasteiger partial charge in [0.25, 0.3) is 0 Å². The van der Waals surface area contributed by atoms with Crippen molar-refractivity contribution in [3.8, 4) is 0 Å². The molecule has 0 aliphatic carbocycles. The third-order valence-electron chi connectivity index (χ3n) is 1.97. The van der Waals surface area contributed by atoms with Gasteiger partial charge in [-0.05, 0) is 18.4 Å². The fourth-order valence-electron chi connectivity index (χ4n) is 1.14. The lowest BCUT2D eigenvalue weighted by molar-refractivity contribution is -0.138. The Morgan fingerprint density at radius 1 is 1.67 bits per heavy atom. The summed E-state index contributed by atoms with van der Waals surface area (Å²) in [5.41, 5.74) is 5.43. The summed E-state index contributed by atoms with van der Waals surface area (Å²) >= 11 is 0. The minimum Gasteiger partial charge on any atom is -0.481 e. The third-order valence-corrected chi connectivity index (χ3v) is 1.97. The van der Waals surface area contributed by atoms with Crippen LogP contribution in [0.25, 0.3) is 0 Å². The average molecular weight is 175 g/mol. The van der Waals surface area contributed by atoms with Gasteiger partial charge in [-0.1, -0.05) is 6.92 Å². The van der Waals surface area contributed by atoms with Crippen LogP contribution in [0.3, 0.4) is 0 Å². The number of hydrogen-bond donors (Lipinski definition) is 2. The summed E-state index contributed by atoms with van der Waals surface area (Å²) in [5, 5.41) is 8.54. The Morgan fingerprint density at radius 3 is 2.58 bits per heavy atom. The Hall–Kier alpha value is -0.610. The molecule has 4 nitrogen and oxygen atoms in total. The molecule has 0 rings (SSSR count). The molecule has 12 heavy (non-hydrogen) atoms. The van der Waals surface area contributed by atoms with Crippen molar-refractivity contribution < 1.29 is 14.6 Å². The summed E-state index contributed by atoms with van der Waals surface area (Å²) in [6.07, 6.45) is 0.126. The van der Waals surface area contributed by atoms with Gasteiger partial charge in [0.1, 0.15) is 0 Å². The molecule has 0 aliphatic heterocycles. The van der Waals surface area contributed by atoms with E-state index in [0.717, 1.165) is 0 Å². The van der Waals surface area contributed by atoms with Crippen molar-refractivity contribution in [2.75, 3.05) is 20.3 Å². The van der Waals surface area contributed by atoms with Crippen molar-refractivity contribution in [3.63, 3.8) is 0 Å². The van der Waals surface area contributed by atoms with E-state index in [1.807, 2.05) is 6.92 Å². The molecule has 0 aliphatic rings. The van der Waals surface area contributed by atoms with Gasteiger partial charge in [0.15, 0.2) is 0 Å². The van der Waals surface area contributed by atoms with E-state index in [4.69, 9.17) is 15.6 Å². The van der Waals surface area contributed by atoms with E-state index < -0.39 is 5.97 Å². The van der Waals surface area contributed by atoms with Crippen molar-refractivity contribution in [3.05, 3.63) is 0 Å². The van der Waals surface area contributed by atoms with Gasteiger partial charge in [-0.2, -0.15) is 0 Å². The molecule has 72 valence electrons. The molecule has 0 aromatic heterocycles. The first-order valence-electron chi connectivity index (χ1n) is 4.02. The minimum atomic E-state index is -0.798. The van der Waals surface area contributed by atoms with Gasteiger partial charge in [0.2, 0.25) is 0 Å². The van der Waals surface area contributed by atoms with Gasteiger partial charge >= 0.3 is 5.97 Å². The molecule has 0 saturated carbocycles. The van der Waals surface area contributed by atoms with Crippen molar-refractivity contribution in [2.24, 2.45) is 17.6 Å². The number of ether oxygens (including phenoxy) is 1. The fourth-order valence-corrected chi connectivity index (χ4v) is 1.14. The van der Waals surface area contributed by atoms with Crippen molar-refractivity contribution in [2.45, 2.75) is 13.3 Å². The quantitative estimate of drug-likeness (QED) is 0.609. The third kappa shape index (κ3) is 4.31. The lowest BCUT2D eigenvalue weighted by Crippen LogP contribution is -2.27. The summed E-state index contributed by atoms with van der Waals surface area (Å²) in [6, 6.07) is 0. The first kappa shape index (κ1) is 11.4. The minimum absolute atomic E-state index is 0.0162. The maximum absolute atomic E-state index is 10.4. The van der Waals surface area contributed by atoms with E-state index in [1.54, 1.807) is 7.11 Å². The number of nitrogens with two attached hydrogens (primary N) is 1. The number of carbonyl (C=O) groups is 1. The van der Waals surface area contributed by atoms with Crippen LogP contribution in [0.5, 0.6) is 0 Å². The highest BCUT2D eigenvalue weighted by Crippen LogP contribution is 2.14. The molecule has 0 saturated heterocycles. The summed E-state index contributed by atoms with van der Waals surface area (Å²) in [4.78, 5) is 10.4. The van der Waals surface area contributed by atoms with Gasteiger partial charge in [-0.15, -0.1) is 0 Å². The monoisotopic (exact) mass is 175 g/mol. The molecule has 0 bridgehead atoms. The van der Waals surface area contributed by atoms with E-state index >= 15 is 0 Å². The van der Waals surface area contributed by atoms with Crippen LogP contribution in [0, 0.1) is 11.8 Å². The van der Waals surface area contributed by atoms with Crippen LogP contribution in [0.15, 0.2) is 0 Å². The zero-order chi connectivity index (χ0) is 9.56. The van der Waals surface area contributed by atoms with E-state index in [2.05, 4.69) is 0 Å². The Labute approximate surface area is 72.7 Å². The second-order valence-corrected chi connectivity index (χ2v) is 3.03. The molecule has 4 heteroatoms. The highest BCUT2D eigenvalue weighted by atomic mass is 16.5. The second-order valence-electron chi connectivity index (χ2n) is 3.03. The molecule has 0 amide bonds. The highest BCUT2D eigenvalue weighted by molar-refractivity contribution is 5.67. The largest absolute Gasteiger partial charge is 0.481 e. The van der Waals surface area contributed by atoms with Gasteiger partial charge in [-0.25, -0.2) is 0 Å². The molecule has 2 unspecified atom stereocenters. The van der Waals surface area contributed by atoms with E-state index in [9.17, 15) is 4.79 Å². The lowest BCUT2D eigenvalue weighted by Gasteiger charge is -2.19. The second kappa shape index (κ2) is 5.97. The predicted octanol–water partition coefficient (Wildman–Crippen LogP) is 0.319. The molecule has 0 fully saturated rings. The zero-order valence-corrected chi connectivity index (χ0v) is 7.62. The maximum Gasteiger partial charge on any atom is 0.303 e. The molecular formula is C8H17NO3. The average Bonchev–Trinajstić information content (AvgIpc) is 2.00. The fraction of sp³-hybridized carbons (Fsp3) is 0.875. The SMILES string of the molecule is COCC(C)C(CN)CC(=O)O. The van der Waals surface area contributed by atoms with Gasteiger partial charge < -0.3 is 15.6 Å². The Morgan fingerprint density at radius 2 is 2.25 bits per heavy atom. The highest BCUT2D eigenvalue weighted by Gasteiger charge is 2.18. The summed E-state index contributed by atoms with van der Waals surface area (Å²) in [5.74, 6) is -0.577. The Kier molecular flexibility index (Phi) is 5.66. The van der Waals surface area contributed by atoms with Gasteiger partial charge in [0.05, 0.1) is 0 Å². The van der Waals surface area contributed by atoms with Crippen LogP contribution in [0.1, 0.15) is 13.3 Å². The van der Waals surface area contributed by atoms with Gasteiger partial charge in [-0.3, -0.25) is 4.79 Å². The smallest absolute Gasteiger partial charge is 0.303 e. The van der Waals surface area contributed by atoms with Crippen molar-refractivity contribution >= 4 is 5.97 Å². The number of hydrogen-bond acceptors (Lipinski definition) is 3. The van der Waals surface area contributed by atoms with Crippen LogP contribution in [-0.4, -0.2) is 31.3 Å². The van der Waals surface area contributed by atoms with Crippen LogP contribution >= 0.6 is 0 Å². The molecular weight excluding hydrogens is 158 g/mol. The number of carboxylic acids is 1. The number of methoxy groups -OCH3 is 1. The molecule has 3 N–H and O–H groups in total. The number of aliphatic carboxylic acids is 1. The number of rotatable bonds is 6. The lowest BCUT2D eigenvalue weighted by atomic mass is 9.92. The molecule has 0 aromatic rings. The number of carboxylic acid groups (broad SMARTS) is 1. The molecule has 0 aromatic carbocycles. The topological polar surface area (TPSA) is 72.5 Å². The Balaban J connectivity index is 3.86. The van der Waals surface area contributed by atoms with Gasteiger partial charge in [0, 0.05) is 20.1 Å². The summed E-state index contributed by atoms with van der Waals surface area (Å²) < 4.78 is 4.92. The Bertz CT molecular complexity index is 138. The van der Waals surface area contributed by atoms with Crippen molar-refractivity contribution in [1.82, 2.24) is 0 Å². The molecule has 0 spiro atoms. The first-order chi connectivity index (χ1) is 5.61. The van der Waals surface area contributed by atoms with E-state index in [-0.39, 0.29) is 18.3 Å². The summed E-state index contributed by atoms with van der Waals surface area (Å²) in [7, 11) is 1.60. The predicted molar refractivity (Wildman–Crippen MR) is 45.8 cm³/mol. The maximum atomic E-state index is 10.4.